The van der Waals surface area contributed by atoms with E-state index in [1.54, 1.807) is 12.4 Å². The summed E-state index contributed by atoms with van der Waals surface area (Å²) in [5.74, 6) is 0.484. The van der Waals surface area contributed by atoms with Crippen molar-refractivity contribution < 1.29 is 4.42 Å². The van der Waals surface area contributed by atoms with Crippen molar-refractivity contribution in [2.75, 3.05) is 0 Å². The van der Waals surface area contributed by atoms with E-state index in [-0.39, 0.29) is 0 Å². The van der Waals surface area contributed by atoms with Crippen LogP contribution in [0.15, 0.2) is 23.1 Å². The van der Waals surface area contributed by atoms with Gasteiger partial charge in [0.15, 0.2) is 0 Å². The molecule has 2 heterocycles. The van der Waals surface area contributed by atoms with Gasteiger partial charge in [-0.3, -0.25) is 0 Å². The standard InChI is InChI=1S/C5H3N3O/c1-2-9-5-4(6-1)3-7-8-5/h1-3H. The Balaban J connectivity index is 2.79. The molecule has 0 saturated carbocycles. The van der Waals surface area contributed by atoms with Gasteiger partial charge in [-0.05, 0) is 0 Å². The highest BCUT2D eigenvalue weighted by Crippen LogP contribution is 2.11. The van der Waals surface area contributed by atoms with Crippen LogP contribution in [0.4, 0.5) is 0 Å². The van der Waals surface area contributed by atoms with Gasteiger partial charge < -0.3 is 4.42 Å². The van der Waals surface area contributed by atoms with Gasteiger partial charge in [-0.2, -0.15) is 5.10 Å². The minimum absolute atomic E-state index is 0.484. The quantitative estimate of drug-likeness (QED) is 0.511. The Hall–Kier alpha value is -1.45. The van der Waals surface area contributed by atoms with Crippen molar-refractivity contribution in [1.29, 1.82) is 0 Å². The van der Waals surface area contributed by atoms with E-state index in [1.165, 1.54) is 6.26 Å². The highest BCUT2D eigenvalue weighted by molar-refractivity contribution is 5.44. The van der Waals surface area contributed by atoms with Crippen molar-refractivity contribution in [2.24, 2.45) is 0 Å². The highest BCUT2D eigenvalue weighted by Gasteiger charge is 2.04. The summed E-state index contributed by atoms with van der Waals surface area (Å²) in [7, 11) is 0. The molecule has 4 heteroatoms. The van der Waals surface area contributed by atoms with Crippen LogP contribution in [0.2, 0.25) is 0 Å². The molecule has 0 aromatic heterocycles. The molecule has 0 amide bonds. The maximum atomic E-state index is 4.92. The summed E-state index contributed by atoms with van der Waals surface area (Å²) < 4.78 is 4.92. The number of hydrogen-bond donors (Lipinski definition) is 0. The van der Waals surface area contributed by atoms with E-state index < -0.39 is 0 Å². The van der Waals surface area contributed by atoms with Gasteiger partial charge in [0.25, 0.3) is 5.89 Å². The first-order valence-corrected chi connectivity index (χ1v) is 2.48. The third kappa shape index (κ3) is 0.561. The molecule has 0 aromatic rings. The first kappa shape index (κ1) is 4.43. The lowest BCUT2D eigenvalue weighted by Gasteiger charge is -1.87. The topological polar surface area (TPSA) is 51.8 Å². The van der Waals surface area contributed by atoms with Gasteiger partial charge in [-0.15, -0.1) is 5.10 Å². The second-order valence-corrected chi connectivity index (χ2v) is 1.57. The summed E-state index contributed by atoms with van der Waals surface area (Å²) in [6.07, 6.45) is 4.58. The number of aromatic nitrogens is 3. The Morgan fingerprint density at radius 1 is 1.44 bits per heavy atom. The van der Waals surface area contributed by atoms with Crippen LogP contribution in [-0.4, -0.2) is 15.2 Å². The molecule has 44 valence electrons. The van der Waals surface area contributed by atoms with Crippen LogP contribution in [0.1, 0.15) is 0 Å². The van der Waals surface area contributed by atoms with Gasteiger partial charge in [0.1, 0.15) is 12.0 Å². The first-order chi connectivity index (χ1) is 4.47. The van der Waals surface area contributed by atoms with Crippen LogP contribution in [0.25, 0.3) is 11.6 Å². The number of hydrogen-bond acceptors (Lipinski definition) is 4. The number of rotatable bonds is 0. The predicted molar refractivity (Wildman–Crippen MR) is 28.7 cm³/mol. The zero-order valence-corrected chi connectivity index (χ0v) is 4.48. The normalized spacial score (nSPS) is 10.2. The molecule has 0 aromatic carbocycles. The third-order valence-electron chi connectivity index (χ3n) is 1.00. The Kier molecular flexibility index (Phi) is 0.745. The van der Waals surface area contributed by atoms with Gasteiger partial charge >= 0.3 is 0 Å². The summed E-state index contributed by atoms with van der Waals surface area (Å²) in [5.41, 5.74) is 0.692. The second kappa shape index (κ2) is 1.51. The van der Waals surface area contributed by atoms with E-state index in [9.17, 15) is 0 Å². The summed E-state index contributed by atoms with van der Waals surface area (Å²) in [5, 5.41) is 7.23. The zero-order chi connectivity index (χ0) is 6.10. The fourth-order valence-electron chi connectivity index (χ4n) is 0.621. The lowest BCUT2D eigenvalue weighted by atomic mass is 10.5. The van der Waals surface area contributed by atoms with E-state index in [4.69, 9.17) is 4.42 Å². The van der Waals surface area contributed by atoms with Gasteiger partial charge in [0.05, 0.1) is 12.4 Å². The van der Waals surface area contributed by atoms with Gasteiger partial charge in [-0.25, -0.2) is 4.98 Å². The Bertz CT molecular complexity index is 252. The third-order valence-corrected chi connectivity index (χ3v) is 1.00. The van der Waals surface area contributed by atoms with Crippen molar-refractivity contribution in [1.82, 2.24) is 15.2 Å². The first-order valence-electron chi connectivity index (χ1n) is 2.48. The van der Waals surface area contributed by atoms with E-state index in [1.807, 2.05) is 0 Å². The van der Waals surface area contributed by atoms with Crippen LogP contribution < -0.4 is 0 Å². The maximum absolute atomic E-state index is 4.92. The van der Waals surface area contributed by atoms with E-state index in [0.717, 1.165) is 0 Å². The molecule has 0 bridgehead atoms. The van der Waals surface area contributed by atoms with Crippen LogP contribution in [0.5, 0.6) is 0 Å². The summed E-state index contributed by atoms with van der Waals surface area (Å²) in [4.78, 5) is 3.92. The maximum Gasteiger partial charge on any atom is 0.266 e. The van der Waals surface area contributed by atoms with E-state index >= 15 is 0 Å². The van der Waals surface area contributed by atoms with Crippen molar-refractivity contribution >= 4 is 0 Å². The fourth-order valence-corrected chi connectivity index (χ4v) is 0.621. The molecular formula is C5H3N3O. The SMILES string of the molecule is c1coc2nncc-2n1. The van der Waals surface area contributed by atoms with Gasteiger partial charge in [0.2, 0.25) is 0 Å². The monoisotopic (exact) mass is 121 g/mol. The molecule has 4 nitrogen and oxygen atoms in total. The smallest absolute Gasteiger partial charge is 0.266 e. The molecule has 0 aliphatic carbocycles. The van der Waals surface area contributed by atoms with Gasteiger partial charge in [0, 0.05) is 0 Å². The Labute approximate surface area is 50.9 Å². The molecule has 0 fully saturated rings. The average molecular weight is 121 g/mol. The Morgan fingerprint density at radius 2 is 2.44 bits per heavy atom. The molecule has 0 unspecified atom stereocenters. The van der Waals surface area contributed by atoms with Crippen molar-refractivity contribution in [3.8, 4) is 11.6 Å². The molecule has 2 aliphatic rings. The molecule has 2 aliphatic heterocycles. The Morgan fingerprint density at radius 3 is 3.33 bits per heavy atom. The second-order valence-electron chi connectivity index (χ2n) is 1.57. The molecule has 2 rings (SSSR count). The van der Waals surface area contributed by atoms with Crippen molar-refractivity contribution in [3.63, 3.8) is 0 Å². The minimum Gasteiger partial charge on any atom is -0.442 e. The molecule has 0 N–H and O–H groups in total. The molecule has 0 atom stereocenters. The molecule has 9 heavy (non-hydrogen) atoms. The van der Waals surface area contributed by atoms with Crippen LogP contribution >= 0.6 is 0 Å². The predicted octanol–water partition coefficient (Wildman–Crippen LogP) is 0.569. The number of nitrogens with zero attached hydrogens (tertiary/aromatic N) is 3. The minimum atomic E-state index is 0.484. The fraction of sp³-hybridized carbons (Fsp3) is 0. The highest BCUT2D eigenvalue weighted by atomic mass is 16.3. The zero-order valence-electron chi connectivity index (χ0n) is 4.48. The molecule has 0 spiro atoms. The van der Waals surface area contributed by atoms with Crippen molar-refractivity contribution in [2.45, 2.75) is 0 Å². The largest absolute Gasteiger partial charge is 0.442 e. The summed E-state index contributed by atoms with van der Waals surface area (Å²) in [6, 6.07) is 0. The lowest BCUT2D eigenvalue weighted by molar-refractivity contribution is 0.539. The summed E-state index contributed by atoms with van der Waals surface area (Å²) >= 11 is 0. The van der Waals surface area contributed by atoms with Crippen molar-refractivity contribution in [3.05, 3.63) is 18.7 Å². The van der Waals surface area contributed by atoms with E-state index in [2.05, 4.69) is 15.2 Å². The molecular weight excluding hydrogens is 118 g/mol. The molecule has 0 radical (unpaired) electrons. The average Bonchev–Trinajstić information content (AvgIpc) is 2.33. The number of fused-ring (bicyclic) bond motifs is 1. The summed E-state index contributed by atoms with van der Waals surface area (Å²) in [6.45, 7) is 0. The van der Waals surface area contributed by atoms with Gasteiger partial charge in [-0.1, -0.05) is 0 Å². The lowest BCUT2D eigenvalue weighted by Crippen LogP contribution is -1.77. The van der Waals surface area contributed by atoms with E-state index in [0.29, 0.717) is 11.6 Å². The van der Waals surface area contributed by atoms with Crippen LogP contribution in [0.3, 0.4) is 0 Å². The molecule has 0 saturated heterocycles. The van der Waals surface area contributed by atoms with Crippen LogP contribution in [0, 0.1) is 0 Å². The van der Waals surface area contributed by atoms with Crippen LogP contribution in [-0.2, 0) is 0 Å².